The predicted molar refractivity (Wildman–Crippen MR) is 50.7 cm³/mol. The van der Waals surface area contributed by atoms with E-state index in [2.05, 4.69) is 26.6 Å². The minimum absolute atomic E-state index is 0.734. The van der Waals surface area contributed by atoms with Gasteiger partial charge in [0.05, 0.1) is 0 Å². The van der Waals surface area contributed by atoms with Crippen molar-refractivity contribution in [3.05, 3.63) is 35.4 Å². The Bertz CT molecular complexity index is 302. The lowest BCUT2D eigenvalue weighted by atomic mass is 10.1. The Labute approximate surface area is 79.9 Å². The molecule has 0 amide bonds. The molecule has 1 aliphatic carbocycles. The van der Waals surface area contributed by atoms with Gasteiger partial charge in [-0.25, -0.2) is 4.34 Å². The van der Waals surface area contributed by atoms with Crippen LogP contribution >= 0.6 is 16.1 Å². The molecule has 0 spiro atoms. The predicted octanol–water partition coefficient (Wildman–Crippen LogP) is 1.68. The highest BCUT2D eigenvalue weighted by Gasteiger charge is 2.35. The average Bonchev–Trinajstić information content (AvgIpc) is 2.46. The van der Waals surface area contributed by atoms with Crippen LogP contribution in [0.5, 0.6) is 0 Å². The fraction of sp³-hybridized carbons (Fsp3) is 0.333. The first-order valence-electron chi connectivity index (χ1n) is 3.95. The van der Waals surface area contributed by atoms with Gasteiger partial charge in [-0.05, 0) is 18.4 Å². The summed E-state index contributed by atoms with van der Waals surface area (Å²) in [6.07, 6.45) is 1.67. The van der Waals surface area contributed by atoms with Crippen LogP contribution in [0.2, 0.25) is 0 Å². The number of nitrogens with one attached hydrogen (secondary N) is 1. The van der Waals surface area contributed by atoms with Crippen LogP contribution in [0, 0.1) is 0 Å². The molecule has 1 aromatic carbocycles. The second-order valence-corrected chi connectivity index (χ2v) is 3.51. The SMILES string of the molecule is OC1(NBr)CCc2ccccc21. The van der Waals surface area contributed by atoms with Crippen LogP contribution in [-0.4, -0.2) is 5.11 Å². The van der Waals surface area contributed by atoms with Gasteiger partial charge in [-0.1, -0.05) is 24.3 Å². The van der Waals surface area contributed by atoms with Gasteiger partial charge in [0.1, 0.15) is 0 Å². The van der Waals surface area contributed by atoms with E-state index in [1.165, 1.54) is 5.56 Å². The van der Waals surface area contributed by atoms with Crippen molar-refractivity contribution >= 4 is 16.1 Å². The smallest absolute Gasteiger partial charge is 0.151 e. The van der Waals surface area contributed by atoms with E-state index >= 15 is 0 Å². The van der Waals surface area contributed by atoms with E-state index in [0.29, 0.717) is 0 Å². The molecule has 12 heavy (non-hydrogen) atoms. The second kappa shape index (κ2) is 2.83. The molecule has 2 N–H and O–H groups in total. The molecule has 0 saturated heterocycles. The van der Waals surface area contributed by atoms with Gasteiger partial charge in [-0.15, -0.1) is 0 Å². The van der Waals surface area contributed by atoms with E-state index in [1.54, 1.807) is 0 Å². The molecule has 0 heterocycles. The van der Waals surface area contributed by atoms with E-state index in [4.69, 9.17) is 0 Å². The summed E-state index contributed by atoms with van der Waals surface area (Å²) < 4.78 is 2.76. The number of fused-ring (bicyclic) bond motifs is 1. The first kappa shape index (κ1) is 8.23. The molecule has 1 unspecified atom stereocenters. The van der Waals surface area contributed by atoms with E-state index in [-0.39, 0.29) is 0 Å². The third-order valence-corrected chi connectivity index (χ3v) is 3.03. The minimum atomic E-state index is -0.864. The summed E-state index contributed by atoms with van der Waals surface area (Å²) >= 11 is 3.10. The van der Waals surface area contributed by atoms with Crippen LogP contribution in [0.15, 0.2) is 24.3 Å². The summed E-state index contributed by atoms with van der Waals surface area (Å²) in [4.78, 5) is 0. The van der Waals surface area contributed by atoms with Crippen LogP contribution in [0.25, 0.3) is 0 Å². The number of rotatable bonds is 1. The summed E-state index contributed by atoms with van der Waals surface area (Å²) in [6.45, 7) is 0. The van der Waals surface area contributed by atoms with Crippen LogP contribution in [0.1, 0.15) is 17.5 Å². The zero-order valence-electron chi connectivity index (χ0n) is 6.55. The molecule has 1 aliphatic rings. The lowest BCUT2D eigenvalue weighted by Crippen LogP contribution is -2.33. The molecule has 0 fully saturated rings. The Hall–Kier alpha value is -0.380. The van der Waals surface area contributed by atoms with Gasteiger partial charge in [0.25, 0.3) is 0 Å². The Balaban J connectivity index is 2.49. The first-order chi connectivity index (χ1) is 5.76. The van der Waals surface area contributed by atoms with Crippen LogP contribution in [-0.2, 0) is 12.1 Å². The quantitative estimate of drug-likeness (QED) is 0.566. The number of aliphatic hydroxyl groups is 1. The topological polar surface area (TPSA) is 32.3 Å². The maximum absolute atomic E-state index is 9.99. The Morgan fingerprint density at radius 3 is 2.92 bits per heavy atom. The molecule has 0 aromatic heterocycles. The van der Waals surface area contributed by atoms with Crippen molar-refractivity contribution in [3.8, 4) is 0 Å². The third kappa shape index (κ3) is 1.09. The Kier molecular flexibility index (Phi) is 1.94. The maximum Gasteiger partial charge on any atom is 0.151 e. The standard InChI is InChI=1S/C9H10BrNO/c10-11-9(12)6-5-7-3-1-2-4-8(7)9/h1-4,11-12H,5-6H2. The zero-order valence-corrected chi connectivity index (χ0v) is 8.13. The summed E-state index contributed by atoms with van der Waals surface area (Å²) in [5, 5.41) is 9.99. The first-order valence-corrected chi connectivity index (χ1v) is 4.74. The molecule has 1 aromatic rings. The minimum Gasteiger partial charge on any atom is -0.371 e. The summed E-state index contributed by atoms with van der Waals surface area (Å²) in [5.74, 6) is 0. The van der Waals surface area contributed by atoms with Gasteiger partial charge in [-0.3, -0.25) is 0 Å². The number of halogens is 1. The molecule has 0 bridgehead atoms. The summed E-state index contributed by atoms with van der Waals surface area (Å²) in [6, 6.07) is 7.95. The van der Waals surface area contributed by atoms with Gasteiger partial charge in [-0.2, -0.15) is 0 Å². The third-order valence-electron chi connectivity index (χ3n) is 2.38. The lowest BCUT2D eigenvalue weighted by Gasteiger charge is -2.21. The van der Waals surface area contributed by atoms with Crippen molar-refractivity contribution in [2.24, 2.45) is 0 Å². The van der Waals surface area contributed by atoms with Crippen LogP contribution < -0.4 is 4.34 Å². The number of hydrogen-bond donors (Lipinski definition) is 2. The fourth-order valence-electron chi connectivity index (χ4n) is 1.69. The Morgan fingerprint density at radius 1 is 1.42 bits per heavy atom. The highest BCUT2D eigenvalue weighted by molar-refractivity contribution is 9.08. The second-order valence-electron chi connectivity index (χ2n) is 3.11. The van der Waals surface area contributed by atoms with Crippen molar-refractivity contribution in [1.82, 2.24) is 4.34 Å². The van der Waals surface area contributed by atoms with E-state index in [0.717, 1.165) is 18.4 Å². The molecular formula is C9H10BrNO. The summed E-state index contributed by atoms with van der Waals surface area (Å²) in [7, 11) is 0. The number of aryl methyl sites for hydroxylation is 1. The average molecular weight is 228 g/mol. The van der Waals surface area contributed by atoms with Crippen molar-refractivity contribution in [2.75, 3.05) is 0 Å². The molecule has 2 nitrogen and oxygen atoms in total. The summed E-state index contributed by atoms with van der Waals surface area (Å²) in [5.41, 5.74) is 1.35. The van der Waals surface area contributed by atoms with E-state index in [1.807, 2.05) is 18.2 Å². The molecule has 3 heteroatoms. The zero-order chi connectivity index (χ0) is 8.60. The molecular weight excluding hydrogens is 218 g/mol. The maximum atomic E-state index is 9.99. The molecule has 0 aliphatic heterocycles. The van der Waals surface area contributed by atoms with Crippen molar-refractivity contribution in [1.29, 1.82) is 0 Å². The number of hydrogen-bond acceptors (Lipinski definition) is 2. The van der Waals surface area contributed by atoms with Gasteiger partial charge in [0.2, 0.25) is 0 Å². The number of benzene rings is 1. The molecule has 0 saturated carbocycles. The monoisotopic (exact) mass is 227 g/mol. The van der Waals surface area contributed by atoms with Gasteiger partial charge < -0.3 is 5.11 Å². The van der Waals surface area contributed by atoms with Crippen LogP contribution in [0.3, 0.4) is 0 Å². The van der Waals surface area contributed by atoms with Gasteiger partial charge >= 0.3 is 0 Å². The highest BCUT2D eigenvalue weighted by atomic mass is 79.9. The normalized spacial score (nSPS) is 27.2. The highest BCUT2D eigenvalue weighted by Crippen LogP contribution is 2.34. The molecule has 0 radical (unpaired) electrons. The lowest BCUT2D eigenvalue weighted by molar-refractivity contribution is 0.0319. The Morgan fingerprint density at radius 2 is 2.17 bits per heavy atom. The fourth-order valence-corrected chi connectivity index (χ4v) is 2.10. The molecule has 64 valence electrons. The largest absolute Gasteiger partial charge is 0.371 e. The van der Waals surface area contributed by atoms with Crippen molar-refractivity contribution < 1.29 is 5.11 Å². The van der Waals surface area contributed by atoms with Gasteiger partial charge in [0.15, 0.2) is 5.72 Å². The van der Waals surface area contributed by atoms with Crippen LogP contribution in [0.4, 0.5) is 0 Å². The van der Waals surface area contributed by atoms with Gasteiger partial charge in [0, 0.05) is 21.7 Å². The van der Waals surface area contributed by atoms with E-state index < -0.39 is 5.72 Å². The van der Waals surface area contributed by atoms with E-state index in [9.17, 15) is 5.11 Å². The molecule has 2 rings (SSSR count). The van der Waals surface area contributed by atoms with Crippen molar-refractivity contribution in [2.45, 2.75) is 18.6 Å². The van der Waals surface area contributed by atoms with Crippen molar-refractivity contribution in [3.63, 3.8) is 0 Å². The molecule has 1 atom stereocenters.